The standard InChI is InChI=1S/C16H20O5/c1-10(13(15(18)20-3)16(19)21-4)11(2)14(17)12-8-6-5-7-9-12/h5-11,13H,1-4H3/t10-,11+/m0/s1. The van der Waals surface area contributed by atoms with E-state index in [1.165, 1.54) is 14.2 Å². The van der Waals surface area contributed by atoms with Gasteiger partial charge in [-0.25, -0.2) is 0 Å². The van der Waals surface area contributed by atoms with Crippen molar-refractivity contribution in [1.29, 1.82) is 0 Å². The summed E-state index contributed by atoms with van der Waals surface area (Å²) in [4.78, 5) is 36.0. The molecule has 0 N–H and O–H groups in total. The fraction of sp³-hybridized carbons (Fsp3) is 0.438. The van der Waals surface area contributed by atoms with Gasteiger partial charge in [0, 0.05) is 11.5 Å². The summed E-state index contributed by atoms with van der Waals surface area (Å²) < 4.78 is 9.28. The van der Waals surface area contributed by atoms with Gasteiger partial charge in [0.05, 0.1) is 14.2 Å². The molecule has 21 heavy (non-hydrogen) atoms. The predicted octanol–water partition coefficient (Wildman–Crippen LogP) is 2.10. The van der Waals surface area contributed by atoms with Crippen LogP contribution in [0.3, 0.4) is 0 Å². The van der Waals surface area contributed by atoms with E-state index < -0.39 is 29.7 Å². The van der Waals surface area contributed by atoms with E-state index in [2.05, 4.69) is 9.47 Å². The van der Waals surface area contributed by atoms with Crippen LogP contribution in [-0.2, 0) is 19.1 Å². The average Bonchev–Trinajstić information content (AvgIpc) is 2.53. The lowest BCUT2D eigenvalue weighted by Gasteiger charge is -2.24. The minimum atomic E-state index is -1.11. The van der Waals surface area contributed by atoms with Gasteiger partial charge in [-0.15, -0.1) is 0 Å². The van der Waals surface area contributed by atoms with Crippen LogP contribution in [0, 0.1) is 17.8 Å². The number of hydrogen-bond donors (Lipinski definition) is 0. The molecule has 0 aromatic heterocycles. The van der Waals surface area contributed by atoms with E-state index in [1.54, 1.807) is 38.1 Å². The number of rotatable bonds is 6. The summed E-state index contributed by atoms with van der Waals surface area (Å²) in [6.45, 7) is 3.36. The third-order valence-electron chi connectivity index (χ3n) is 3.70. The Kier molecular flexibility index (Phi) is 6.09. The molecule has 0 aliphatic heterocycles. The first-order valence-electron chi connectivity index (χ1n) is 6.69. The van der Waals surface area contributed by atoms with E-state index in [0.717, 1.165) is 0 Å². The minimum absolute atomic E-state index is 0.124. The Balaban J connectivity index is 2.98. The maximum atomic E-state index is 12.4. The summed E-state index contributed by atoms with van der Waals surface area (Å²) in [7, 11) is 2.41. The van der Waals surface area contributed by atoms with Crippen molar-refractivity contribution in [2.75, 3.05) is 14.2 Å². The number of ketones is 1. The first-order chi connectivity index (χ1) is 9.93. The summed E-state index contributed by atoms with van der Waals surface area (Å²) >= 11 is 0. The van der Waals surface area contributed by atoms with Gasteiger partial charge in [0.15, 0.2) is 11.7 Å². The van der Waals surface area contributed by atoms with E-state index in [4.69, 9.17) is 0 Å². The van der Waals surface area contributed by atoms with E-state index in [-0.39, 0.29) is 5.78 Å². The molecule has 0 radical (unpaired) electrons. The summed E-state index contributed by atoms with van der Waals surface area (Å²) in [5, 5.41) is 0. The summed E-state index contributed by atoms with van der Waals surface area (Å²) in [5.74, 6) is -3.67. The van der Waals surface area contributed by atoms with Crippen molar-refractivity contribution in [1.82, 2.24) is 0 Å². The summed E-state index contributed by atoms with van der Waals surface area (Å²) in [6.07, 6.45) is 0. The zero-order chi connectivity index (χ0) is 16.0. The fourth-order valence-electron chi connectivity index (χ4n) is 2.17. The minimum Gasteiger partial charge on any atom is -0.468 e. The molecule has 0 saturated heterocycles. The third-order valence-corrected chi connectivity index (χ3v) is 3.70. The first kappa shape index (κ1) is 16.9. The Morgan fingerprint density at radius 3 is 1.81 bits per heavy atom. The van der Waals surface area contributed by atoms with E-state index in [0.29, 0.717) is 5.56 Å². The lowest BCUT2D eigenvalue weighted by Crippen LogP contribution is -2.37. The van der Waals surface area contributed by atoms with Crippen LogP contribution in [0.4, 0.5) is 0 Å². The molecule has 0 spiro atoms. The highest BCUT2D eigenvalue weighted by Crippen LogP contribution is 2.26. The molecule has 0 amide bonds. The van der Waals surface area contributed by atoms with Crippen LogP contribution >= 0.6 is 0 Å². The van der Waals surface area contributed by atoms with Crippen molar-refractivity contribution < 1.29 is 23.9 Å². The predicted molar refractivity (Wildman–Crippen MR) is 76.6 cm³/mol. The zero-order valence-electron chi connectivity index (χ0n) is 12.7. The van der Waals surface area contributed by atoms with Crippen LogP contribution in [0.15, 0.2) is 30.3 Å². The van der Waals surface area contributed by atoms with E-state index in [9.17, 15) is 14.4 Å². The zero-order valence-corrected chi connectivity index (χ0v) is 12.7. The molecule has 0 heterocycles. The molecule has 0 unspecified atom stereocenters. The second-order valence-corrected chi connectivity index (χ2v) is 4.90. The van der Waals surface area contributed by atoms with Gasteiger partial charge in [0.2, 0.25) is 0 Å². The summed E-state index contributed by atoms with van der Waals surface area (Å²) in [5.41, 5.74) is 0.547. The third kappa shape index (κ3) is 3.90. The normalized spacial score (nSPS) is 13.4. The molecular weight excluding hydrogens is 272 g/mol. The van der Waals surface area contributed by atoms with Gasteiger partial charge in [-0.05, 0) is 5.92 Å². The van der Waals surface area contributed by atoms with Gasteiger partial charge in [-0.2, -0.15) is 0 Å². The fourth-order valence-corrected chi connectivity index (χ4v) is 2.17. The lowest BCUT2D eigenvalue weighted by molar-refractivity contribution is -0.161. The van der Waals surface area contributed by atoms with Crippen molar-refractivity contribution >= 4 is 17.7 Å². The number of esters is 2. The van der Waals surface area contributed by atoms with Gasteiger partial charge in [0.25, 0.3) is 0 Å². The monoisotopic (exact) mass is 292 g/mol. The van der Waals surface area contributed by atoms with Crippen molar-refractivity contribution in [2.45, 2.75) is 13.8 Å². The quantitative estimate of drug-likeness (QED) is 0.456. The number of benzene rings is 1. The number of carbonyl (C=O) groups excluding carboxylic acids is 3. The van der Waals surface area contributed by atoms with E-state index in [1.807, 2.05) is 6.07 Å². The molecule has 2 atom stereocenters. The molecule has 114 valence electrons. The van der Waals surface area contributed by atoms with Crippen molar-refractivity contribution in [3.63, 3.8) is 0 Å². The van der Waals surface area contributed by atoms with Crippen molar-refractivity contribution in [2.24, 2.45) is 17.8 Å². The molecule has 0 fully saturated rings. The van der Waals surface area contributed by atoms with Crippen LogP contribution < -0.4 is 0 Å². The van der Waals surface area contributed by atoms with Crippen LogP contribution in [0.1, 0.15) is 24.2 Å². The molecule has 0 aliphatic rings. The Hall–Kier alpha value is -2.17. The molecule has 0 bridgehead atoms. The Labute approximate surface area is 124 Å². The first-order valence-corrected chi connectivity index (χ1v) is 6.69. The van der Waals surface area contributed by atoms with Crippen molar-refractivity contribution in [3.8, 4) is 0 Å². The molecule has 1 aromatic carbocycles. The van der Waals surface area contributed by atoms with Gasteiger partial charge in [0.1, 0.15) is 0 Å². The Bertz CT molecular complexity index is 493. The number of Topliss-reactive ketones (excluding diaryl/α,β-unsaturated/α-hetero) is 1. The van der Waals surface area contributed by atoms with Crippen LogP contribution in [-0.4, -0.2) is 31.9 Å². The highest BCUT2D eigenvalue weighted by atomic mass is 16.5. The molecular formula is C16H20O5. The van der Waals surface area contributed by atoms with Crippen molar-refractivity contribution in [3.05, 3.63) is 35.9 Å². The SMILES string of the molecule is COC(=O)C(C(=O)OC)[C@@H](C)[C@@H](C)C(=O)c1ccccc1. The maximum absolute atomic E-state index is 12.4. The molecule has 0 aliphatic carbocycles. The van der Waals surface area contributed by atoms with Crippen LogP contribution in [0.2, 0.25) is 0 Å². The second-order valence-electron chi connectivity index (χ2n) is 4.90. The van der Waals surface area contributed by atoms with Gasteiger partial charge >= 0.3 is 11.9 Å². The lowest BCUT2D eigenvalue weighted by atomic mass is 9.80. The highest BCUT2D eigenvalue weighted by Gasteiger charge is 2.39. The number of hydrogen-bond acceptors (Lipinski definition) is 5. The van der Waals surface area contributed by atoms with Gasteiger partial charge in [-0.3, -0.25) is 14.4 Å². The van der Waals surface area contributed by atoms with Crippen LogP contribution in [0.5, 0.6) is 0 Å². The summed E-state index contributed by atoms with van der Waals surface area (Å²) in [6, 6.07) is 8.76. The smallest absolute Gasteiger partial charge is 0.320 e. The van der Waals surface area contributed by atoms with Gasteiger partial charge in [-0.1, -0.05) is 44.2 Å². The Morgan fingerprint density at radius 1 is 0.905 bits per heavy atom. The number of methoxy groups -OCH3 is 2. The van der Waals surface area contributed by atoms with Gasteiger partial charge < -0.3 is 9.47 Å². The second kappa shape index (κ2) is 7.57. The molecule has 1 rings (SSSR count). The number of ether oxygens (including phenoxy) is 2. The Morgan fingerprint density at radius 2 is 1.38 bits per heavy atom. The topological polar surface area (TPSA) is 69.7 Å². The van der Waals surface area contributed by atoms with E-state index >= 15 is 0 Å². The maximum Gasteiger partial charge on any atom is 0.320 e. The average molecular weight is 292 g/mol. The van der Waals surface area contributed by atoms with Crippen LogP contribution in [0.25, 0.3) is 0 Å². The molecule has 0 saturated carbocycles. The molecule has 1 aromatic rings. The highest BCUT2D eigenvalue weighted by molar-refractivity contribution is 6.00. The largest absolute Gasteiger partial charge is 0.468 e. The number of carbonyl (C=O) groups is 3. The molecule has 5 nitrogen and oxygen atoms in total. The molecule has 5 heteroatoms.